The molecule has 1 aliphatic rings. The zero-order valence-corrected chi connectivity index (χ0v) is 10.5. The van der Waals surface area contributed by atoms with Crippen LogP contribution < -0.4 is 5.69 Å². The molecule has 0 radical (unpaired) electrons. The Bertz CT molecular complexity index is 519. The van der Waals surface area contributed by atoms with Crippen molar-refractivity contribution in [3.63, 3.8) is 0 Å². The first-order chi connectivity index (χ1) is 9.08. The highest BCUT2D eigenvalue weighted by molar-refractivity contribution is 5.92. The number of carbonyl (C=O) groups excluding carboxylic acids is 1. The molecule has 0 saturated carbocycles. The van der Waals surface area contributed by atoms with Crippen LogP contribution in [0.3, 0.4) is 0 Å². The van der Waals surface area contributed by atoms with Crippen LogP contribution in [0, 0.1) is 0 Å². The number of imidazole rings is 1. The van der Waals surface area contributed by atoms with Gasteiger partial charge in [-0.25, -0.2) is 4.79 Å². The van der Waals surface area contributed by atoms with Gasteiger partial charge >= 0.3 is 11.7 Å². The van der Waals surface area contributed by atoms with Crippen molar-refractivity contribution in [2.75, 3.05) is 6.54 Å². The number of amides is 1. The van der Waals surface area contributed by atoms with Crippen LogP contribution in [0.25, 0.3) is 0 Å². The fraction of sp³-hybridized carbons (Fsp3) is 0.583. The number of aliphatic carboxylic acids is 1. The largest absolute Gasteiger partial charge is 0.481 e. The molecule has 2 rings (SSSR count). The lowest BCUT2D eigenvalue weighted by molar-refractivity contribution is -0.137. The smallest absolute Gasteiger partial charge is 0.323 e. The van der Waals surface area contributed by atoms with Gasteiger partial charge in [0, 0.05) is 25.2 Å². The molecule has 7 heteroatoms. The van der Waals surface area contributed by atoms with E-state index in [1.54, 1.807) is 4.90 Å². The summed E-state index contributed by atoms with van der Waals surface area (Å²) < 4.78 is 0. The van der Waals surface area contributed by atoms with Gasteiger partial charge in [0.2, 0.25) is 0 Å². The number of carboxylic acids is 1. The Hall–Kier alpha value is -2.05. The lowest BCUT2D eigenvalue weighted by Gasteiger charge is -2.35. The van der Waals surface area contributed by atoms with Gasteiger partial charge in [0.05, 0.1) is 0 Å². The van der Waals surface area contributed by atoms with E-state index in [1.807, 2.05) is 0 Å². The van der Waals surface area contributed by atoms with Gasteiger partial charge in [-0.3, -0.25) is 9.59 Å². The standard InChI is InChI=1S/C12H17N3O4/c16-10(17)5-4-8-3-1-2-6-15(8)11(18)9-7-13-12(19)14-9/h7-8H,1-6H2,(H,16,17)(H2,13,14,19). The van der Waals surface area contributed by atoms with E-state index in [2.05, 4.69) is 9.97 Å². The van der Waals surface area contributed by atoms with Crippen LogP contribution in [0.2, 0.25) is 0 Å². The average Bonchev–Trinajstić information content (AvgIpc) is 2.82. The number of carbonyl (C=O) groups is 2. The minimum Gasteiger partial charge on any atom is -0.481 e. The van der Waals surface area contributed by atoms with Crippen LogP contribution in [0.4, 0.5) is 0 Å². The van der Waals surface area contributed by atoms with Crippen molar-refractivity contribution in [3.8, 4) is 0 Å². The van der Waals surface area contributed by atoms with Gasteiger partial charge in [-0.2, -0.15) is 0 Å². The third-order valence-electron chi connectivity index (χ3n) is 3.41. The number of aromatic nitrogens is 2. The molecule has 19 heavy (non-hydrogen) atoms. The fourth-order valence-corrected chi connectivity index (χ4v) is 2.46. The molecule has 1 aliphatic heterocycles. The van der Waals surface area contributed by atoms with Crippen LogP contribution >= 0.6 is 0 Å². The molecule has 2 heterocycles. The lowest BCUT2D eigenvalue weighted by atomic mass is 9.97. The number of nitrogens with zero attached hydrogens (tertiary/aromatic N) is 1. The van der Waals surface area contributed by atoms with E-state index < -0.39 is 11.7 Å². The highest BCUT2D eigenvalue weighted by Gasteiger charge is 2.28. The highest BCUT2D eigenvalue weighted by atomic mass is 16.4. The Morgan fingerprint density at radius 1 is 1.42 bits per heavy atom. The van der Waals surface area contributed by atoms with Crippen LogP contribution in [-0.4, -0.2) is 44.4 Å². The molecular weight excluding hydrogens is 250 g/mol. The molecule has 7 nitrogen and oxygen atoms in total. The van der Waals surface area contributed by atoms with Crippen molar-refractivity contribution in [2.45, 2.75) is 38.1 Å². The predicted octanol–water partition coefficient (Wildman–Crippen LogP) is 0.562. The second-order valence-electron chi connectivity index (χ2n) is 4.74. The summed E-state index contributed by atoms with van der Waals surface area (Å²) in [4.78, 5) is 40.4. The molecule has 104 valence electrons. The van der Waals surface area contributed by atoms with Crippen LogP contribution in [0.15, 0.2) is 11.0 Å². The molecule has 0 aromatic carbocycles. The Kier molecular flexibility index (Phi) is 4.03. The van der Waals surface area contributed by atoms with Crippen molar-refractivity contribution in [2.24, 2.45) is 0 Å². The molecule has 0 bridgehead atoms. The Balaban J connectivity index is 2.08. The first-order valence-corrected chi connectivity index (χ1v) is 6.38. The fourth-order valence-electron chi connectivity index (χ4n) is 2.46. The number of hydrogen-bond donors (Lipinski definition) is 3. The summed E-state index contributed by atoms with van der Waals surface area (Å²) in [6, 6.07) is -0.0595. The number of H-pyrrole nitrogens is 2. The maximum absolute atomic E-state index is 12.3. The molecule has 1 aromatic rings. The summed E-state index contributed by atoms with van der Waals surface area (Å²) in [5.41, 5.74) is -0.185. The summed E-state index contributed by atoms with van der Waals surface area (Å²) in [6.07, 6.45) is 4.58. The monoisotopic (exact) mass is 267 g/mol. The molecule has 1 saturated heterocycles. The zero-order chi connectivity index (χ0) is 13.8. The van der Waals surface area contributed by atoms with Crippen molar-refractivity contribution in [1.29, 1.82) is 0 Å². The van der Waals surface area contributed by atoms with E-state index in [9.17, 15) is 14.4 Å². The van der Waals surface area contributed by atoms with Crippen molar-refractivity contribution >= 4 is 11.9 Å². The molecule has 0 aliphatic carbocycles. The van der Waals surface area contributed by atoms with Gasteiger partial charge in [0.25, 0.3) is 5.91 Å². The normalized spacial score (nSPS) is 19.4. The summed E-state index contributed by atoms with van der Waals surface area (Å²) in [6.45, 7) is 0.607. The van der Waals surface area contributed by atoms with E-state index in [0.29, 0.717) is 13.0 Å². The van der Waals surface area contributed by atoms with Crippen molar-refractivity contribution < 1.29 is 14.7 Å². The van der Waals surface area contributed by atoms with Gasteiger partial charge in [0.15, 0.2) is 0 Å². The molecule has 1 unspecified atom stereocenters. The maximum atomic E-state index is 12.3. The second-order valence-corrected chi connectivity index (χ2v) is 4.74. The number of hydrogen-bond acceptors (Lipinski definition) is 3. The molecular formula is C12H17N3O4. The Labute approximate surface area is 109 Å². The van der Waals surface area contributed by atoms with E-state index in [-0.39, 0.29) is 24.1 Å². The van der Waals surface area contributed by atoms with Crippen LogP contribution in [0.5, 0.6) is 0 Å². The maximum Gasteiger partial charge on any atom is 0.323 e. The number of carboxylic acid groups (broad SMARTS) is 1. The van der Waals surface area contributed by atoms with Crippen molar-refractivity contribution in [1.82, 2.24) is 14.9 Å². The third-order valence-corrected chi connectivity index (χ3v) is 3.41. The van der Waals surface area contributed by atoms with Gasteiger partial charge in [-0.15, -0.1) is 0 Å². The number of piperidine rings is 1. The lowest BCUT2D eigenvalue weighted by Crippen LogP contribution is -2.44. The molecule has 1 fully saturated rings. The quantitative estimate of drug-likeness (QED) is 0.741. The first kappa shape index (κ1) is 13.4. The molecule has 1 aromatic heterocycles. The number of aromatic amines is 2. The second kappa shape index (κ2) is 5.73. The van der Waals surface area contributed by atoms with E-state index >= 15 is 0 Å². The number of rotatable bonds is 4. The van der Waals surface area contributed by atoms with Crippen LogP contribution in [0.1, 0.15) is 42.6 Å². The molecule has 1 atom stereocenters. The molecule has 0 spiro atoms. The van der Waals surface area contributed by atoms with Gasteiger partial charge in [-0.05, 0) is 25.7 Å². The molecule has 1 amide bonds. The minimum atomic E-state index is -0.854. The van der Waals surface area contributed by atoms with Gasteiger partial charge in [0.1, 0.15) is 5.69 Å². The summed E-state index contributed by atoms with van der Waals surface area (Å²) in [5, 5.41) is 8.73. The van der Waals surface area contributed by atoms with Gasteiger partial charge < -0.3 is 20.0 Å². The molecule has 3 N–H and O–H groups in total. The average molecular weight is 267 g/mol. The third kappa shape index (κ3) is 3.24. The summed E-state index contributed by atoms with van der Waals surface area (Å²) >= 11 is 0. The van der Waals surface area contributed by atoms with E-state index in [1.165, 1.54) is 6.20 Å². The highest BCUT2D eigenvalue weighted by Crippen LogP contribution is 2.22. The van der Waals surface area contributed by atoms with E-state index in [0.717, 1.165) is 19.3 Å². The number of nitrogens with one attached hydrogen (secondary N) is 2. The SMILES string of the molecule is O=C(O)CCC1CCCCN1C(=O)c1c[nH]c(=O)[nH]1. The summed E-state index contributed by atoms with van der Waals surface area (Å²) in [5.74, 6) is -1.10. The minimum absolute atomic E-state index is 0.0537. The topological polar surface area (TPSA) is 106 Å². The first-order valence-electron chi connectivity index (χ1n) is 6.38. The van der Waals surface area contributed by atoms with Gasteiger partial charge in [-0.1, -0.05) is 0 Å². The van der Waals surface area contributed by atoms with Crippen molar-refractivity contribution in [3.05, 3.63) is 22.4 Å². The zero-order valence-electron chi connectivity index (χ0n) is 10.5. The Morgan fingerprint density at radius 3 is 2.84 bits per heavy atom. The van der Waals surface area contributed by atoms with E-state index in [4.69, 9.17) is 5.11 Å². The number of likely N-dealkylation sites (tertiary alicyclic amines) is 1. The predicted molar refractivity (Wildman–Crippen MR) is 67.0 cm³/mol. The van der Waals surface area contributed by atoms with Crippen LogP contribution in [-0.2, 0) is 4.79 Å². The Morgan fingerprint density at radius 2 is 2.21 bits per heavy atom. The summed E-state index contributed by atoms with van der Waals surface area (Å²) in [7, 11) is 0.